The van der Waals surface area contributed by atoms with E-state index in [0.29, 0.717) is 5.69 Å². The van der Waals surface area contributed by atoms with E-state index in [9.17, 15) is 20.0 Å². The summed E-state index contributed by atoms with van der Waals surface area (Å²) in [6.07, 6.45) is 1.24. The number of carbonyl (C=O) groups is 1. The quantitative estimate of drug-likeness (QED) is 0.516. The van der Waals surface area contributed by atoms with Gasteiger partial charge in [-0.15, -0.1) is 0 Å². The van der Waals surface area contributed by atoms with Crippen LogP contribution in [-0.4, -0.2) is 20.5 Å². The smallest absolute Gasteiger partial charge is 0.287 e. The summed E-state index contributed by atoms with van der Waals surface area (Å²) in [4.78, 5) is 22.1. The second kappa shape index (κ2) is 5.22. The van der Waals surface area contributed by atoms with Crippen molar-refractivity contribution in [2.24, 2.45) is 7.05 Å². The summed E-state index contributed by atoms with van der Waals surface area (Å²) < 4.78 is 1.35. The monoisotopic (exact) mass is 295 g/mol. The first-order chi connectivity index (χ1) is 9.38. The predicted molar refractivity (Wildman–Crippen MR) is 73.1 cm³/mol. The van der Waals surface area contributed by atoms with Gasteiger partial charge in [0.2, 0.25) is 0 Å². The normalized spacial score (nSPS) is 10.3. The van der Waals surface area contributed by atoms with Crippen molar-refractivity contribution in [1.82, 2.24) is 4.57 Å². The van der Waals surface area contributed by atoms with Crippen LogP contribution in [0, 0.1) is 10.1 Å². The van der Waals surface area contributed by atoms with Crippen molar-refractivity contribution in [2.45, 2.75) is 0 Å². The number of aromatic nitrogens is 1. The Hall–Kier alpha value is -2.54. The maximum Gasteiger partial charge on any atom is 0.287 e. The number of carbonyl (C=O) groups excluding carboxylic acids is 1. The van der Waals surface area contributed by atoms with Gasteiger partial charge in [-0.05, 0) is 12.1 Å². The number of hydrogen-bond acceptors (Lipinski definition) is 4. The zero-order valence-corrected chi connectivity index (χ0v) is 11.1. The SMILES string of the molecule is Cn1cc([N+](=O)[O-])cc1C(=O)Nc1ccc(O)cc1Cl. The first-order valence-electron chi connectivity index (χ1n) is 5.49. The maximum absolute atomic E-state index is 12.0. The third-order valence-electron chi connectivity index (χ3n) is 2.63. The lowest BCUT2D eigenvalue weighted by atomic mass is 10.3. The largest absolute Gasteiger partial charge is 0.508 e. The molecule has 2 rings (SSSR count). The number of nitrogens with zero attached hydrogens (tertiary/aromatic N) is 2. The number of benzene rings is 1. The summed E-state index contributed by atoms with van der Waals surface area (Å²) in [6.45, 7) is 0. The van der Waals surface area contributed by atoms with Crippen molar-refractivity contribution < 1.29 is 14.8 Å². The lowest BCUT2D eigenvalue weighted by molar-refractivity contribution is -0.384. The van der Waals surface area contributed by atoms with E-state index in [0.717, 1.165) is 0 Å². The molecule has 2 aromatic rings. The van der Waals surface area contributed by atoms with Crippen LogP contribution in [0.15, 0.2) is 30.5 Å². The summed E-state index contributed by atoms with van der Waals surface area (Å²) in [5.74, 6) is -0.560. The summed E-state index contributed by atoms with van der Waals surface area (Å²) in [5, 5.41) is 22.6. The van der Waals surface area contributed by atoms with Crippen molar-refractivity contribution in [2.75, 3.05) is 5.32 Å². The fourth-order valence-electron chi connectivity index (χ4n) is 1.66. The molecule has 0 aliphatic carbocycles. The molecule has 0 atom stereocenters. The highest BCUT2D eigenvalue weighted by molar-refractivity contribution is 6.34. The van der Waals surface area contributed by atoms with Crippen molar-refractivity contribution in [1.29, 1.82) is 0 Å². The van der Waals surface area contributed by atoms with Gasteiger partial charge >= 0.3 is 0 Å². The molecule has 20 heavy (non-hydrogen) atoms. The van der Waals surface area contributed by atoms with E-state index in [1.165, 1.54) is 42.1 Å². The molecule has 7 nitrogen and oxygen atoms in total. The molecule has 0 aliphatic rings. The lowest BCUT2D eigenvalue weighted by Gasteiger charge is -2.07. The Kier molecular flexibility index (Phi) is 3.62. The standard InChI is InChI=1S/C12H10ClN3O4/c1-15-6-7(16(19)20)4-11(15)12(18)14-10-3-2-8(17)5-9(10)13/h2-6,17H,1H3,(H,14,18). The molecule has 0 bridgehead atoms. The summed E-state index contributed by atoms with van der Waals surface area (Å²) in [6, 6.07) is 5.26. The highest BCUT2D eigenvalue weighted by Gasteiger charge is 2.18. The number of phenolic OH excluding ortho intramolecular Hbond substituents is 1. The van der Waals surface area contributed by atoms with E-state index in [1.54, 1.807) is 0 Å². The van der Waals surface area contributed by atoms with Crippen LogP contribution in [0.2, 0.25) is 5.02 Å². The number of rotatable bonds is 3. The molecule has 0 radical (unpaired) electrons. The zero-order valence-electron chi connectivity index (χ0n) is 10.3. The summed E-state index contributed by atoms with van der Waals surface area (Å²) in [5.41, 5.74) is 0.258. The topological polar surface area (TPSA) is 97.4 Å². The first kappa shape index (κ1) is 13.9. The van der Waals surface area contributed by atoms with Crippen molar-refractivity contribution in [3.8, 4) is 5.75 Å². The number of nitro groups is 1. The maximum atomic E-state index is 12.0. The van der Waals surface area contributed by atoms with E-state index in [2.05, 4.69) is 5.32 Å². The molecule has 1 aromatic heterocycles. The number of anilines is 1. The molecule has 104 valence electrons. The Balaban J connectivity index is 2.26. The van der Waals surface area contributed by atoms with Gasteiger partial charge in [0.25, 0.3) is 11.6 Å². The lowest BCUT2D eigenvalue weighted by Crippen LogP contribution is -2.15. The molecule has 8 heteroatoms. The number of aromatic hydroxyl groups is 1. The molecule has 1 heterocycles. The average molecular weight is 296 g/mol. The molecule has 0 saturated carbocycles. The van der Waals surface area contributed by atoms with Crippen LogP contribution in [0.5, 0.6) is 5.75 Å². The molecule has 0 spiro atoms. The van der Waals surface area contributed by atoms with Gasteiger partial charge in [-0.1, -0.05) is 11.6 Å². The van der Waals surface area contributed by atoms with Gasteiger partial charge in [0.05, 0.1) is 21.8 Å². The van der Waals surface area contributed by atoms with Gasteiger partial charge in [0.15, 0.2) is 0 Å². The molecule has 0 saturated heterocycles. The third kappa shape index (κ3) is 2.72. The molecule has 2 N–H and O–H groups in total. The highest BCUT2D eigenvalue weighted by Crippen LogP contribution is 2.26. The van der Waals surface area contributed by atoms with Crippen LogP contribution in [0.3, 0.4) is 0 Å². The highest BCUT2D eigenvalue weighted by atomic mass is 35.5. The molecular formula is C12H10ClN3O4. The zero-order chi connectivity index (χ0) is 14.9. The predicted octanol–water partition coefficient (Wildman–Crippen LogP) is 2.54. The summed E-state index contributed by atoms with van der Waals surface area (Å²) in [7, 11) is 1.53. The minimum Gasteiger partial charge on any atom is -0.508 e. The number of hydrogen-bond donors (Lipinski definition) is 2. The summed E-state index contributed by atoms with van der Waals surface area (Å²) >= 11 is 5.87. The molecule has 1 amide bonds. The Morgan fingerprint density at radius 3 is 2.70 bits per heavy atom. The number of aryl methyl sites for hydroxylation is 1. The van der Waals surface area contributed by atoms with Crippen molar-refractivity contribution >= 4 is 28.9 Å². The Morgan fingerprint density at radius 2 is 2.15 bits per heavy atom. The molecule has 0 aliphatic heterocycles. The van der Waals surface area contributed by atoms with E-state index >= 15 is 0 Å². The van der Waals surface area contributed by atoms with Gasteiger partial charge in [0, 0.05) is 19.2 Å². The average Bonchev–Trinajstić information content (AvgIpc) is 2.75. The Morgan fingerprint density at radius 1 is 1.45 bits per heavy atom. The molecule has 0 fully saturated rings. The Bertz CT molecular complexity index is 696. The molecular weight excluding hydrogens is 286 g/mol. The number of phenols is 1. The van der Waals surface area contributed by atoms with E-state index in [4.69, 9.17) is 11.6 Å². The van der Waals surface area contributed by atoms with Crippen LogP contribution in [0.1, 0.15) is 10.5 Å². The number of amides is 1. The second-order valence-corrected chi connectivity index (χ2v) is 4.48. The second-order valence-electron chi connectivity index (χ2n) is 4.07. The van der Waals surface area contributed by atoms with Crippen LogP contribution < -0.4 is 5.32 Å². The van der Waals surface area contributed by atoms with E-state index in [1.807, 2.05) is 0 Å². The fourth-order valence-corrected chi connectivity index (χ4v) is 1.89. The van der Waals surface area contributed by atoms with Crippen LogP contribution >= 0.6 is 11.6 Å². The fraction of sp³-hybridized carbons (Fsp3) is 0.0833. The van der Waals surface area contributed by atoms with Crippen molar-refractivity contribution in [3.63, 3.8) is 0 Å². The van der Waals surface area contributed by atoms with Gasteiger partial charge in [-0.25, -0.2) is 0 Å². The van der Waals surface area contributed by atoms with E-state index in [-0.39, 0.29) is 22.2 Å². The van der Waals surface area contributed by atoms with Gasteiger partial charge in [-0.3, -0.25) is 14.9 Å². The van der Waals surface area contributed by atoms with Gasteiger partial charge in [-0.2, -0.15) is 0 Å². The van der Waals surface area contributed by atoms with Crippen LogP contribution in [0.25, 0.3) is 0 Å². The Labute approximate surface area is 118 Å². The van der Waals surface area contributed by atoms with Crippen LogP contribution in [-0.2, 0) is 7.05 Å². The van der Waals surface area contributed by atoms with Gasteiger partial charge < -0.3 is 15.0 Å². The molecule has 1 aromatic carbocycles. The third-order valence-corrected chi connectivity index (χ3v) is 2.95. The van der Waals surface area contributed by atoms with Gasteiger partial charge in [0.1, 0.15) is 11.4 Å². The van der Waals surface area contributed by atoms with E-state index < -0.39 is 10.8 Å². The molecule has 0 unspecified atom stereocenters. The number of nitrogens with one attached hydrogen (secondary N) is 1. The van der Waals surface area contributed by atoms with Crippen LogP contribution in [0.4, 0.5) is 11.4 Å². The number of halogens is 1. The van der Waals surface area contributed by atoms with Crippen molar-refractivity contribution in [3.05, 3.63) is 51.3 Å². The minimum absolute atomic E-state index is 0.0255. The minimum atomic E-state index is -0.579. The first-order valence-corrected chi connectivity index (χ1v) is 5.87.